The number of hydrogen-bond donors (Lipinski definition) is 0. The SMILES string of the molecule is CCOC(=S)SCc1cc(CSC(C)=S)cc(C)c1C(=O)P(=O)(c1ccccc1)c1ccccc1. The molecule has 0 saturated carbocycles. The van der Waals surface area contributed by atoms with Crippen LogP contribution in [-0.2, 0) is 20.8 Å². The van der Waals surface area contributed by atoms with Gasteiger partial charge in [-0.1, -0.05) is 96.8 Å². The molecule has 0 radical (unpaired) electrons. The first-order chi connectivity index (χ1) is 16.8. The average molecular weight is 559 g/mol. The quantitative estimate of drug-likeness (QED) is 0.202. The molecule has 3 aromatic rings. The van der Waals surface area contributed by atoms with Gasteiger partial charge in [0.15, 0.2) is 0 Å². The maximum absolute atomic E-state index is 14.7. The Morgan fingerprint density at radius 3 is 2.00 bits per heavy atom. The highest BCUT2D eigenvalue weighted by Crippen LogP contribution is 2.48. The van der Waals surface area contributed by atoms with E-state index in [9.17, 15) is 9.36 Å². The van der Waals surface area contributed by atoms with Crippen molar-refractivity contribution in [2.75, 3.05) is 6.61 Å². The highest BCUT2D eigenvalue weighted by Gasteiger charge is 2.38. The zero-order valence-electron chi connectivity index (χ0n) is 19.9. The number of rotatable bonds is 9. The molecule has 0 atom stereocenters. The van der Waals surface area contributed by atoms with Crippen LogP contribution in [0, 0.1) is 6.92 Å². The van der Waals surface area contributed by atoms with Crippen LogP contribution in [0.25, 0.3) is 0 Å². The normalized spacial score (nSPS) is 11.2. The number of hydrogen-bond acceptors (Lipinski definition) is 7. The largest absolute Gasteiger partial charge is 0.479 e. The van der Waals surface area contributed by atoms with Crippen LogP contribution in [0.2, 0.25) is 0 Å². The summed E-state index contributed by atoms with van der Waals surface area (Å²) in [5.41, 5.74) is 2.77. The number of aryl methyl sites for hydroxylation is 1. The Morgan fingerprint density at radius 2 is 1.49 bits per heavy atom. The van der Waals surface area contributed by atoms with Crippen molar-refractivity contribution in [2.24, 2.45) is 0 Å². The molecule has 0 saturated heterocycles. The fourth-order valence-corrected chi connectivity index (χ4v) is 8.04. The molecule has 8 heteroatoms. The summed E-state index contributed by atoms with van der Waals surface area (Å²) in [6, 6.07) is 22.1. The highest BCUT2D eigenvalue weighted by atomic mass is 32.2. The summed E-state index contributed by atoms with van der Waals surface area (Å²) in [6.45, 7) is 6.17. The monoisotopic (exact) mass is 558 g/mol. The number of thioether (sulfide) groups is 2. The van der Waals surface area contributed by atoms with Gasteiger partial charge in [0, 0.05) is 31.9 Å². The zero-order valence-corrected chi connectivity index (χ0v) is 24.0. The van der Waals surface area contributed by atoms with Gasteiger partial charge in [0.05, 0.1) is 6.61 Å². The number of benzene rings is 3. The van der Waals surface area contributed by atoms with Crippen LogP contribution in [0.3, 0.4) is 0 Å². The van der Waals surface area contributed by atoms with Crippen LogP contribution in [0.5, 0.6) is 0 Å². The van der Waals surface area contributed by atoms with Crippen molar-refractivity contribution in [1.29, 1.82) is 0 Å². The molecular formula is C27H27O3PS4. The van der Waals surface area contributed by atoms with Gasteiger partial charge >= 0.3 is 0 Å². The fourth-order valence-electron chi connectivity index (χ4n) is 3.74. The van der Waals surface area contributed by atoms with Crippen LogP contribution in [0.1, 0.15) is 40.9 Å². The summed E-state index contributed by atoms with van der Waals surface area (Å²) in [7, 11) is -3.64. The Morgan fingerprint density at radius 1 is 0.914 bits per heavy atom. The van der Waals surface area contributed by atoms with Crippen LogP contribution < -0.4 is 10.6 Å². The van der Waals surface area contributed by atoms with Gasteiger partial charge in [-0.15, -0.1) is 11.8 Å². The Hall–Kier alpha value is -1.76. The second-order valence-corrected chi connectivity index (χ2v) is 14.1. The minimum absolute atomic E-state index is 0.365. The number of ether oxygens (including phenoxy) is 1. The average Bonchev–Trinajstić information content (AvgIpc) is 2.86. The number of thiocarbonyl (C=S) groups is 2. The lowest BCUT2D eigenvalue weighted by Crippen LogP contribution is -2.24. The summed E-state index contributed by atoms with van der Waals surface area (Å²) < 4.78 is 21.5. The van der Waals surface area contributed by atoms with Crippen molar-refractivity contribution in [2.45, 2.75) is 32.3 Å². The summed E-state index contributed by atoms with van der Waals surface area (Å²) >= 11 is 13.5. The molecule has 3 nitrogen and oxygen atoms in total. The molecule has 0 unspecified atom stereocenters. The molecule has 0 heterocycles. The molecule has 0 aliphatic rings. The van der Waals surface area contributed by atoms with E-state index in [-0.39, 0.29) is 5.52 Å². The summed E-state index contributed by atoms with van der Waals surface area (Å²) in [5.74, 6) is 1.15. The Labute approximate surface area is 226 Å². The molecule has 0 bridgehead atoms. The maximum atomic E-state index is 14.7. The number of carbonyl (C=O) groups is 1. The van der Waals surface area contributed by atoms with Crippen LogP contribution >= 0.6 is 55.1 Å². The van der Waals surface area contributed by atoms with Crippen molar-refractivity contribution >= 4 is 79.8 Å². The Balaban J connectivity index is 2.15. The molecule has 182 valence electrons. The van der Waals surface area contributed by atoms with Crippen molar-refractivity contribution in [3.63, 3.8) is 0 Å². The van der Waals surface area contributed by atoms with E-state index in [1.807, 2.05) is 69.3 Å². The van der Waals surface area contributed by atoms with Crippen LogP contribution in [-0.4, -0.2) is 20.7 Å². The van der Waals surface area contributed by atoms with E-state index in [1.165, 1.54) is 11.8 Å². The van der Waals surface area contributed by atoms with Crippen molar-refractivity contribution in [3.05, 3.63) is 95.1 Å². The van der Waals surface area contributed by atoms with E-state index in [2.05, 4.69) is 0 Å². The van der Waals surface area contributed by atoms with Gasteiger partial charge in [-0.05, 0) is 49.7 Å². The minimum atomic E-state index is -3.64. The third-order valence-electron chi connectivity index (χ3n) is 5.27. The molecule has 35 heavy (non-hydrogen) atoms. The van der Waals surface area contributed by atoms with Gasteiger partial charge in [-0.3, -0.25) is 4.79 Å². The second kappa shape index (κ2) is 13.0. The molecule has 0 aliphatic carbocycles. The Kier molecular flexibility index (Phi) is 10.3. The topological polar surface area (TPSA) is 43.4 Å². The van der Waals surface area contributed by atoms with E-state index in [4.69, 9.17) is 29.2 Å². The lowest BCUT2D eigenvalue weighted by Gasteiger charge is -2.22. The first kappa shape index (κ1) is 27.8. The predicted molar refractivity (Wildman–Crippen MR) is 160 cm³/mol. The molecule has 0 N–H and O–H groups in total. The van der Waals surface area contributed by atoms with Gasteiger partial charge < -0.3 is 9.30 Å². The van der Waals surface area contributed by atoms with Gasteiger partial charge in [0.25, 0.3) is 0 Å². The first-order valence-electron chi connectivity index (χ1n) is 11.1. The molecule has 0 fully saturated rings. The summed E-state index contributed by atoms with van der Waals surface area (Å²) in [6.07, 6.45) is 0. The molecule has 0 spiro atoms. The van der Waals surface area contributed by atoms with E-state index in [1.54, 1.807) is 36.0 Å². The van der Waals surface area contributed by atoms with Crippen LogP contribution in [0.4, 0.5) is 0 Å². The lowest BCUT2D eigenvalue weighted by atomic mass is 10.0. The van der Waals surface area contributed by atoms with Gasteiger partial charge in [-0.2, -0.15) is 0 Å². The molecule has 3 aromatic carbocycles. The molecule has 0 aromatic heterocycles. The first-order valence-corrected chi connectivity index (χ1v) is 15.6. The second-order valence-electron chi connectivity index (χ2n) is 7.78. The maximum Gasteiger partial charge on any atom is 0.230 e. The zero-order chi connectivity index (χ0) is 25.4. The van der Waals surface area contributed by atoms with Gasteiger partial charge in [-0.25, -0.2) is 0 Å². The van der Waals surface area contributed by atoms with E-state index < -0.39 is 7.14 Å². The minimum Gasteiger partial charge on any atom is -0.479 e. The standard InChI is InChI=1S/C27H27O3PS4/c1-4-30-27(33)35-18-22-16-21(17-34-20(3)32)15-19(2)25(22)26(28)31(29,23-11-7-5-8-12-23)24-13-9-6-10-14-24/h5-16H,4,17-18H2,1-3H3. The highest BCUT2D eigenvalue weighted by molar-refractivity contribution is 8.22. The third-order valence-corrected chi connectivity index (χ3v) is 10.6. The Bertz CT molecular complexity index is 1220. The lowest BCUT2D eigenvalue weighted by molar-refractivity contribution is 0.107. The summed E-state index contributed by atoms with van der Waals surface area (Å²) in [5, 5.41) is 1.05. The smallest absolute Gasteiger partial charge is 0.230 e. The molecule has 3 rings (SSSR count). The van der Waals surface area contributed by atoms with Gasteiger partial charge in [0.1, 0.15) is 0 Å². The van der Waals surface area contributed by atoms with Crippen molar-refractivity contribution < 1.29 is 14.1 Å². The van der Waals surface area contributed by atoms with Crippen molar-refractivity contribution in [1.82, 2.24) is 0 Å². The third kappa shape index (κ3) is 6.93. The van der Waals surface area contributed by atoms with E-state index in [0.717, 1.165) is 20.9 Å². The molecule has 0 amide bonds. The number of carbonyl (C=O) groups excluding carboxylic acids is 1. The van der Waals surface area contributed by atoms with E-state index in [0.29, 0.717) is 38.7 Å². The van der Waals surface area contributed by atoms with Crippen molar-refractivity contribution in [3.8, 4) is 0 Å². The van der Waals surface area contributed by atoms with Crippen LogP contribution in [0.15, 0.2) is 72.8 Å². The molecule has 0 aliphatic heterocycles. The van der Waals surface area contributed by atoms with E-state index >= 15 is 0 Å². The predicted octanol–water partition coefficient (Wildman–Crippen LogP) is 7.28. The van der Waals surface area contributed by atoms with Gasteiger partial charge in [0.2, 0.25) is 17.0 Å². The molecular weight excluding hydrogens is 532 g/mol. The summed E-state index contributed by atoms with van der Waals surface area (Å²) in [4.78, 5) is 14.3. The fraction of sp³-hybridized carbons (Fsp3) is 0.222.